The molecule has 0 aromatic carbocycles. The van der Waals surface area contributed by atoms with Gasteiger partial charge in [-0.15, -0.1) is 11.3 Å². The average Bonchev–Trinajstić information content (AvgIpc) is 3.25. The van der Waals surface area contributed by atoms with Gasteiger partial charge in [0.05, 0.1) is 0 Å². The van der Waals surface area contributed by atoms with E-state index < -0.39 is 11.6 Å². The Kier molecular flexibility index (Phi) is 6.12. The minimum atomic E-state index is -0.811. The van der Waals surface area contributed by atoms with E-state index in [0.29, 0.717) is 25.3 Å². The molecule has 1 aromatic heterocycles. The number of carbonyl (C=O) groups is 3. The van der Waals surface area contributed by atoms with Gasteiger partial charge in [-0.3, -0.25) is 14.5 Å². The summed E-state index contributed by atoms with van der Waals surface area (Å²) in [6, 6.07) is 3.56. The number of hydrogen-bond donors (Lipinski definition) is 2. The number of imide groups is 1. The van der Waals surface area contributed by atoms with Gasteiger partial charge in [0, 0.05) is 11.4 Å². The highest BCUT2D eigenvalue weighted by molar-refractivity contribution is 7.09. The van der Waals surface area contributed by atoms with Gasteiger partial charge in [0.25, 0.3) is 5.91 Å². The molecule has 0 bridgehead atoms. The molecule has 1 aliphatic carbocycles. The van der Waals surface area contributed by atoms with Crippen LogP contribution in [0.4, 0.5) is 4.79 Å². The Morgan fingerprint density at radius 2 is 2.07 bits per heavy atom. The molecule has 0 radical (unpaired) electrons. The normalized spacial score (nSPS) is 25.2. The highest BCUT2D eigenvalue weighted by Gasteiger charge is 2.53. The molecular formula is C21H31N3O3S. The minimum Gasteiger partial charge on any atom is -0.354 e. The van der Waals surface area contributed by atoms with E-state index >= 15 is 0 Å². The number of amides is 4. The third kappa shape index (κ3) is 4.24. The minimum absolute atomic E-state index is 0.208. The molecule has 2 aliphatic rings. The number of hydrogen-bond acceptors (Lipinski definition) is 4. The second kappa shape index (κ2) is 8.23. The molecule has 2 heterocycles. The topological polar surface area (TPSA) is 78.5 Å². The zero-order valence-electron chi connectivity index (χ0n) is 17.0. The summed E-state index contributed by atoms with van der Waals surface area (Å²) >= 11 is 1.65. The summed E-state index contributed by atoms with van der Waals surface area (Å²) in [4.78, 5) is 39.9. The van der Waals surface area contributed by atoms with Crippen molar-refractivity contribution in [1.82, 2.24) is 15.5 Å². The van der Waals surface area contributed by atoms with E-state index in [1.54, 1.807) is 11.3 Å². The van der Waals surface area contributed by atoms with Gasteiger partial charge in [0.1, 0.15) is 12.1 Å². The monoisotopic (exact) mass is 405 g/mol. The summed E-state index contributed by atoms with van der Waals surface area (Å²) in [5, 5.41) is 7.71. The van der Waals surface area contributed by atoms with Crippen LogP contribution in [-0.4, -0.2) is 41.4 Å². The standard InChI is InChI=1S/C21H31N3O3S/c1-4-20(2,3)15-7-10-21(11-8-15)18(26)24(19(27)23-21)14-17(25)22-12-9-16-6-5-13-28-16/h5-6,13,15H,4,7-12,14H2,1-3H3,(H,22,25)(H,23,27). The molecule has 0 atom stereocenters. The lowest BCUT2D eigenvalue weighted by atomic mass is 9.65. The van der Waals surface area contributed by atoms with E-state index in [2.05, 4.69) is 31.4 Å². The van der Waals surface area contributed by atoms with Crippen molar-refractivity contribution >= 4 is 29.2 Å². The maximum Gasteiger partial charge on any atom is 0.325 e. The molecule has 154 valence electrons. The maximum atomic E-state index is 13.0. The lowest BCUT2D eigenvalue weighted by Crippen LogP contribution is -2.51. The molecule has 3 rings (SSSR count). The first-order valence-electron chi connectivity index (χ1n) is 10.2. The van der Waals surface area contributed by atoms with Gasteiger partial charge in [0.2, 0.25) is 5.91 Å². The van der Waals surface area contributed by atoms with Gasteiger partial charge in [-0.05, 0) is 54.9 Å². The molecule has 1 spiro atoms. The second-order valence-electron chi connectivity index (χ2n) is 8.70. The third-order valence-corrected chi connectivity index (χ3v) is 7.61. The van der Waals surface area contributed by atoms with Crippen LogP contribution in [0.15, 0.2) is 17.5 Å². The molecule has 6 nitrogen and oxygen atoms in total. The van der Waals surface area contributed by atoms with Crippen molar-refractivity contribution < 1.29 is 14.4 Å². The Hall–Kier alpha value is -1.89. The summed E-state index contributed by atoms with van der Waals surface area (Å²) in [6.07, 6.45) is 5.01. The SMILES string of the molecule is CCC(C)(C)C1CCC2(CC1)NC(=O)N(CC(=O)NCCc1cccs1)C2=O. The van der Waals surface area contributed by atoms with Gasteiger partial charge >= 0.3 is 6.03 Å². The summed E-state index contributed by atoms with van der Waals surface area (Å²) in [7, 11) is 0. The van der Waals surface area contributed by atoms with Crippen molar-refractivity contribution in [2.45, 2.75) is 64.8 Å². The molecule has 1 saturated heterocycles. The first-order valence-corrected chi connectivity index (χ1v) is 11.1. The van der Waals surface area contributed by atoms with Crippen molar-refractivity contribution in [2.75, 3.05) is 13.1 Å². The number of nitrogens with zero attached hydrogens (tertiary/aromatic N) is 1. The van der Waals surface area contributed by atoms with E-state index in [-0.39, 0.29) is 23.8 Å². The van der Waals surface area contributed by atoms with Crippen LogP contribution >= 0.6 is 11.3 Å². The largest absolute Gasteiger partial charge is 0.354 e. The molecule has 1 aliphatic heterocycles. The fraction of sp³-hybridized carbons (Fsp3) is 0.667. The van der Waals surface area contributed by atoms with Crippen molar-refractivity contribution in [3.05, 3.63) is 22.4 Å². The lowest BCUT2D eigenvalue weighted by molar-refractivity contribution is -0.136. The molecule has 2 N–H and O–H groups in total. The van der Waals surface area contributed by atoms with Crippen molar-refractivity contribution in [3.63, 3.8) is 0 Å². The number of rotatable bonds is 7. The molecule has 1 saturated carbocycles. The average molecular weight is 406 g/mol. The molecule has 2 fully saturated rings. The maximum absolute atomic E-state index is 13.0. The van der Waals surface area contributed by atoms with Crippen LogP contribution < -0.4 is 10.6 Å². The van der Waals surface area contributed by atoms with Crippen LogP contribution in [0, 0.1) is 11.3 Å². The van der Waals surface area contributed by atoms with Crippen LogP contribution in [-0.2, 0) is 16.0 Å². The molecule has 1 aromatic rings. The van der Waals surface area contributed by atoms with Gasteiger partial charge in [-0.25, -0.2) is 4.79 Å². The smallest absolute Gasteiger partial charge is 0.325 e. The Balaban J connectivity index is 1.53. The summed E-state index contributed by atoms with van der Waals surface area (Å²) in [5.74, 6) is 0.0268. The highest BCUT2D eigenvalue weighted by Crippen LogP contribution is 2.45. The second-order valence-corrected chi connectivity index (χ2v) is 9.73. The van der Waals surface area contributed by atoms with E-state index in [0.717, 1.165) is 30.6 Å². The van der Waals surface area contributed by atoms with Crippen LogP contribution in [0.1, 0.15) is 57.8 Å². The van der Waals surface area contributed by atoms with Crippen LogP contribution in [0.25, 0.3) is 0 Å². The summed E-state index contributed by atoms with van der Waals surface area (Å²) in [6.45, 7) is 7.05. The van der Waals surface area contributed by atoms with Crippen LogP contribution in [0.2, 0.25) is 0 Å². The fourth-order valence-electron chi connectivity index (χ4n) is 4.32. The summed E-state index contributed by atoms with van der Waals surface area (Å²) in [5.41, 5.74) is -0.565. The number of nitrogens with one attached hydrogen (secondary N) is 2. The first-order chi connectivity index (χ1) is 13.3. The van der Waals surface area contributed by atoms with E-state index in [1.807, 2.05) is 17.5 Å². The predicted octanol–water partition coefficient (Wildman–Crippen LogP) is 3.32. The van der Waals surface area contributed by atoms with Crippen molar-refractivity contribution in [2.24, 2.45) is 11.3 Å². The third-order valence-electron chi connectivity index (χ3n) is 6.68. The van der Waals surface area contributed by atoms with Crippen LogP contribution in [0.5, 0.6) is 0 Å². The van der Waals surface area contributed by atoms with Gasteiger partial charge in [0.15, 0.2) is 0 Å². The molecule has 4 amide bonds. The molecular weight excluding hydrogens is 374 g/mol. The van der Waals surface area contributed by atoms with Crippen molar-refractivity contribution in [1.29, 1.82) is 0 Å². The summed E-state index contributed by atoms with van der Waals surface area (Å²) < 4.78 is 0. The van der Waals surface area contributed by atoms with Gasteiger partial charge in [-0.2, -0.15) is 0 Å². The Labute approximate surface area is 171 Å². The first kappa shape index (κ1) is 20.8. The van der Waals surface area contributed by atoms with Crippen LogP contribution in [0.3, 0.4) is 0 Å². The van der Waals surface area contributed by atoms with E-state index in [4.69, 9.17) is 0 Å². The number of carbonyl (C=O) groups excluding carboxylic acids is 3. The van der Waals surface area contributed by atoms with E-state index in [9.17, 15) is 14.4 Å². The number of thiophene rings is 1. The van der Waals surface area contributed by atoms with Gasteiger partial charge < -0.3 is 10.6 Å². The fourth-order valence-corrected chi connectivity index (χ4v) is 5.03. The van der Waals surface area contributed by atoms with Crippen molar-refractivity contribution in [3.8, 4) is 0 Å². The highest BCUT2D eigenvalue weighted by atomic mass is 32.1. The van der Waals surface area contributed by atoms with E-state index in [1.165, 1.54) is 4.88 Å². The molecule has 0 unspecified atom stereocenters. The Morgan fingerprint density at radius 3 is 2.68 bits per heavy atom. The lowest BCUT2D eigenvalue weighted by Gasteiger charge is -2.42. The van der Waals surface area contributed by atoms with Gasteiger partial charge in [-0.1, -0.05) is 33.3 Å². The quantitative estimate of drug-likeness (QED) is 0.683. The number of urea groups is 1. The predicted molar refractivity (Wildman–Crippen MR) is 110 cm³/mol. The zero-order valence-corrected chi connectivity index (χ0v) is 17.9. The molecule has 7 heteroatoms. The molecule has 28 heavy (non-hydrogen) atoms. The Bertz CT molecular complexity index is 721. The zero-order chi connectivity index (χ0) is 20.4. The Morgan fingerprint density at radius 1 is 1.36 bits per heavy atom.